The second-order valence-electron chi connectivity index (χ2n) is 8.83. The summed E-state index contributed by atoms with van der Waals surface area (Å²) in [6, 6.07) is 14.6. The van der Waals surface area contributed by atoms with E-state index in [0.717, 1.165) is 53.4 Å². The van der Waals surface area contributed by atoms with Crippen LogP contribution in [0.15, 0.2) is 71.8 Å². The summed E-state index contributed by atoms with van der Waals surface area (Å²) < 4.78 is 58.1. The van der Waals surface area contributed by atoms with Crippen LogP contribution in [-0.2, 0) is 10.0 Å². The van der Waals surface area contributed by atoms with Gasteiger partial charge in [0, 0.05) is 41.2 Å². The standard InChI is InChI=1S/C26H22F2N2O2S/c27-19-14-22-23(18-10-12-29-11-4-7-20(29)13-18)16-30(26(22)24(28)15-19)33(31,32)25-9-3-6-17-5-1-2-8-21(17)25/h1-3,5-6,8-10,14-16,20H,4,7,11-13H2/t20-/m0/s1. The van der Waals surface area contributed by atoms with Crippen molar-refractivity contribution >= 4 is 37.3 Å². The number of hydrogen-bond donors (Lipinski definition) is 0. The smallest absolute Gasteiger partial charge is 0.268 e. The molecule has 4 nitrogen and oxygen atoms in total. The number of halogens is 2. The Morgan fingerprint density at radius 2 is 1.79 bits per heavy atom. The van der Waals surface area contributed by atoms with Crippen molar-refractivity contribution in [3.8, 4) is 0 Å². The zero-order chi connectivity index (χ0) is 22.7. The van der Waals surface area contributed by atoms with Crippen LogP contribution in [0.3, 0.4) is 0 Å². The maximum atomic E-state index is 15.1. The highest BCUT2D eigenvalue weighted by atomic mass is 32.2. The minimum atomic E-state index is -4.15. The third kappa shape index (κ3) is 3.21. The highest BCUT2D eigenvalue weighted by Gasteiger charge is 2.31. The average molecular weight is 465 g/mol. The molecule has 0 radical (unpaired) electrons. The summed E-state index contributed by atoms with van der Waals surface area (Å²) in [6.07, 6.45) is 6.49. The lowest BCUT2D eigenvalue weighted by Crippen LogP contribution is -2.32. The molecule has 0 spiro atoms. The van der Waals surface area contributed by atoms with Crippen LogP contribution < -0.4 is 0 Å². The maximum absolute atomic E-state index is 15.1. The van der Waals surface area contributed by atoms with Gasteiger partial charge in [-0.2, -0.15) is 0 Å². The van der Waals surface area contributed by atoms with Gasteiger partial charge < -0.3 is 0 Å². The SMILES string of the molecule is O=S(=O)(c1cccc2ccccc12)n1cc(C2=CCN3CCC[C@H]3C2)c2cc(F)cc(F)c21. The van der Waals surface area contributed by atoms with Gasteiger partial charge in [0.05, 0.1) is 4.90 Å². The Morgan fingerprint density at radius 3 is 2.67 bits per heavy atom. The topological polar surface area (TPSA) is 42.3 Å². The van der Waals surface area contributed by atoms with E-state index < -0.39 is 21.7 Å². The van der Waals surface area contributed by atoms with Crippen LogP contribution in [0.2, 0.25) is 0 Å². The Morgan fingerprint density at radius 1 is 0.970 bits per heavy atom. The fourth-order valence-corrected chi connectivity index (χ4v) is 6.97. The molecule has 0 saturated carbocycles. The predicted molar refractivity (Wildman–Crippen MR) is 126 cm³/mol. The van der Waals surface area contributed by atoms with Gasteiger partial charge in [-0.25, -0.2) is 21.2 Å². The summed E-state index contributed by atoms with van der Waals surface area (Å²) in [7, 11) is -4.15. The van der Waals surface area contributed by atoms with Crippen molar-refractivity contribution in [2.75, 3.05) is 13.1 Å². The summed E-state index contributed by atoms with van der Waals surface area (Å²) >= 11 is 0. The van der Waals surface area contributed by atoms with E-state index in [0.29, 0.717) is 17.0 Å². The molecule has 3 heterocycles. The van der Waals surface area contributed by atoms with Crippen molar-refractivity contribution < 1.29 is 17.2 Å². The van der Waals surface area contributed by atoms with Gasteiger partial charge in [-0.15, -0.1) is 0 Å². The fraction of sp³-hybridized carbons (Fsp3) is 0.231. The first-order chi connectivity index (χ1) is 15.9. The zero-order valence-electron chi connectivity index (χ0n) is 17.8. The number of aromatic nitrogens is 1. The van der Waals surface area contributed by atoms with E-state index >= 15 is 4.39 Å². The first-order valence-electron chi connectivity index (χ1n) is 11.1. The normalized spacial score (nSPS) is 19.2. The van der Waals surface area contributed by atoms with E-state index in [4.69, 9.17) is 0 Å². The van der Waals surface area contributed by atoms with Gasteiger partial charge >= 0.3 is 0 Å². The molecule has 6 rings (SSSR count). The summed E-state index contributed by atoms with van der Waals surface area (Å²) in [6.45, 7) is 1.81. The third-order valence-corrected chi connectivity index (χ3v) is 8.66. The highest BCUT2D eigenvalue weighted by Crippen LogP contribution is 2.38. The van der Waals surface area contributed by atoms with Crippen molar-refractivity contribution in [3.05, 3.63) is 84.1 Å². The van der Waals surface area contributed by atoms with E-state index in [2.05, 4.69) is 11.0 Å². The van der Waals surface area contributed by atoms with Gasteiger partial charge in [0.25, 0.3) is 10.0 Å². The van der Waals surface area contributed by atoms with Crippen molar-refractivity contribution in [1.29, 1.82) is 0 Å². The molecule has 33 heavy (non-hydrogen) atoms. The number of benzene rings is 3. The summed E-state index contributed by atoms with van der Waals surface area (Å²) in [5, 5.41) is 1.62. The van der Waals surface area contributed by atoms with Crippen molar-refractivity contribution in [2.45, 2.75) is 30.2 Å². The van der Waals surface area contributed by atoms with Gasteiger partial charge in [-0.05, 0) is 48.9 Å². The Kier molecular flexibility index (Phi) is 4.67. The quantitative estimate of drug-likeness (QED) is 0.399. The van der Waals surface area contributed by atoms with Gasteiger partial charge in [0.1, 0.15) is 11.3 Å². The molecule has 1 saturated heterocycles. The molecular weight excluding hydrogens is 442 g/mol. The Balaban J connectivity index is 1.59. The van der Waals surface area contributed by atoms with Crippen LogP contribution in [0.25, 0.3) is 27.2 Å². The number of rotatable bonds is 3. The molecule has 7 heteroatoms. The number of fused-ring (bicyclic) bond motifs is 3. The molecule has 2 aliphatic rings. The first kappa shape index (κ1) is 20.6. The van der Waals surface area contributed by atoms with Gasteiger partial charge in [0.2, 0.25) is 0 Å². The molecule has 1 aromatic heterocycles. The third-order valence-electron chi connectivity index (χ3n) is 6.94. The Bertz CT molecular complexity index is 1550. The fourth-order valence-electron chi connectivity index (χ4n) is 5.37. The first-order valence-corrected chi connectivity index (χ1v) is 12.5. The Hall–Kier alpha value is -3.03. The van der Waals surface area contributed by atoms with Crippen molar-refractivity contribution in [2.24, 2.45) is 0 Å². The van der Waals surface area contributed by atoms with Crippen LogP contribution in [-0.4, -0.2) is 36.4 Å². The summed E-state index contributed by atoms with van der Waals surface area (Å²) in [5.41, 5.74) is 1.41. The second kappa shape index (κ2) is 7.50. The molecule has 1 fully saturated rings. The van der Waals surface area contributed by atoms with Crippen molar-refractivity contribution in [1.82, 2.24) is 8.87 Å². The van der Waals surface area contributed by atoms with Gasteiger partial charge in [-0.3, -0.25) is 4.90 Å². The molecular formula is C26H22F2N2O2S. The number of hydrogen-bond acceptors (Lipinski definition) is 3. The lowest BCUT2D eigenvalue weighted by atomic mass is 9.94. The van der Waals surface area contributed by atoms with E-state index in [-0.39, 0.29) is 15.8 Å². The molecule has 0 unspecified atom stereocenters. The monoisotopic (exact) mass is 464 g/mol. The second-order valence-corrected chi connectivity index (χ2v) is 10.6. The molecule has 2 aliphatic heterocycles. The van der Waals surface area contributed by atoms with Crippen molar-refractivity contribution in [3.63, 3.8) is 0 Å². The Labute approximate surface area is 190 Å². The van der Waals surface area contributed by atoms with Crippen LogP contribution >= 0.6 is 0 Å². The van der Waals surface area contributed by atoms with Gasteiger partial charge in [0.15, 0.2) is 5.82 Å². The largest absolute Gasteiger partial charge is 0.296 e. The van der Waals surface area contributed by atoms with Crippen LogP contribution in [0.1, 0.15) is 24.8 Å². The molecule has 1 atom stereocenters. The van der Waals surface area contributed by atoms with Crippen LogP contribution in [0.4, 0.5) is 8.78 Å². The van der Waals surface area contributed by atoms with Crippen LogP contribution in [0.5, 0.6) is 0 Å². The zero-order valence-corrected chi connectivity index (χ0v) is 18.7. The molecule has 3 aromatic carbocycles. The molecule has 0 aliphatic carbocycles. The molecule has 0 amide bonds. The lowest BCUT2D eigenvalue weighted by Gasteiger charge is -2.29. The molecule has 0 bridgehead atoms. The molecule has 4 aromatic rings. The highest BCUT2D eigenvalue weighted by molar-refractivity contribution is 7.90. The predicted octanol–water partition coefficient (Wildman–Crippen LogP) is 5.56. The lowest BCUT2D eigenvalue weighted by molar-refractivity contribution is 0.275. The van der Waals surface area contributed by atoms with E-state index in [1.165, 1.54) is 18.3 Å². The minimum Gasteiger partial charge on any atom is -0.296 e. The summed E-state index contributed by atoms with van der Waals surface area (Å²) in [5.74, 6) is -1.61. The minimum absolute atomic E-state index is 0.0902. The van der Waals surface area contributed by atoms with E-state index in [9.17, 15) is 12.8 Å². The van der Waals surface area contributed by atoms with E-state index in [1.54, 1.807) is 18.2 Å². The molecule has 168 valence electrons. The average Bonchev–Trinajstić information content (AvgIpc) is 3.43. The summed E-state index contributed by atoms with van der Waals surface area (Å²) in [4.78, 5) is 2.49. The maximum Gasteiger partial charge on any atom is 0.268 e. The van der Waals surface area contributed by atoms with Gasteiger partial charge in [-0.1, -0.05) is 42.5 Å². The van der Waals surface area contributed by atoms with Crippen LogP contribution in [0, 0.1) is 11.6 Å². The van der Waals surface area contributed by atoms with E-state index in [1.807, 2.05) is 18.2 Å². The number of nitrogens with zero attached hydrogens (tertiary/aromatic N) is 2. The molecule has 0 N–H and O–H groups in total.